The van der Waals surface area contributed by atoms with Gasteiger partial charge in [-0.05, 0) is 6.42 Å². The van der Waals surface area contributed by atoms with Crippen LogP contribution in [0.2, 0.25) is 0 Å². The lowest BCUT2D eigenvalue weighted by atomic mass is 10.5. The van der Waals surface area contributed by atoms with Crippen LogP contribution in [0, 0.1) is 0 Å². The molecule has 5 nitrogen and oxygen atoms in total. The van der Waals surface area contributed by atoms with Gasteiger partial charge in [-0.15, -0.1) is 0 Å². The fourth-order valence-electron chi connectivity index (χ4n) is 1.00. The maximum Gasteiger partial charge on any atom is 0.319 e. The number of amides is 2. The van der Waals surface area contributed by atoms with E-state index < -0.39 is 6.03 Å². The summed E-state index contributed by atoms with van der Waals surface area (Å²) in [6.45, 7) is 2.92. The number of nitrogens with two attached hydrogens (primary N) is 1. The zero-order valence-electron chi connectivity index (χ0n) is 7.90. The first-order valence-electron chi connectivity index (χ1n) is 4.20. The smallest absolute Gasteiger partial charge is 0.319 e. The fraction of sp³-hybridized carbons (Fsp3) is 0.500. The summed E-state index contributed by atoms with van der Waals surface area (Å²) in [7, 11) is 1.62. The van der Waals surface area contributed by atoms with E-state index in [2.05, 4.69) is 12.0 Å². The van der Waals surface area contributed by atoms with E-state index in [0.717, 1.165) is 18.7 Å². The molecule has 0 unspecified atom stereocenters. The van der Waals surface area contributed by atoms with Crippen LogP contribution in [-0.4, -0.2) is 22.9 Å². The molecule has 2 N–H and O–H groups in total. The Bertz CT molecular complexity index is 294. The lowest BCUT2D eigenvalue weighted by Gasteiger charge is -2.09. The number of anilines is 1. The zero-order chi connectivity index (χ0) is 9.84. The van der Waals surface area contributed by atoms with Crippen molar-refractivity contribution in [2.45, 2.75) is 19.9 Å². The molecule has 2 amide bonds. The van der Waals surface area contributed by atoms with Crippen LogP contribution in [-0.2, 0) is 6.54 Å². The minimum atomic E-state index is -0.476. The number of carbonyl (C=O) groups excluding carboxylic acids is 1. The van der Waals surface area contributed by atoms with Crippen LogP contribution >= 0.6 is 0 Å². The Balaban J connectivity index is 2.73. The van der Waals surface area contributed by atoms with Gasteiger partial charge in [0.05, 0.1) is 11.9 Å². The van der Waals surface area contributed by atoms with Gasteiger partial charge in [0.25, 0.3) is 0 Å². The predicted octanol–water partition coefficient (Wildman–Crippen LogP) is 0.808. The van der Waals surface area contributed by atoms with E-state index in [1.54, 1.807) is 24.1 Å². The maximum atomic E-state index is 10.8. The molecule has 5 heteroatoms. The molecule has 1 aromatic heterocycles. The predicted molar refractivity (Wildman–Crippen MR) is 50.5 cm³/mol. The third-order valence-electron chi connectivity index (χ3n) is 1.79. The first kappa shape index (κ1) is 9.57. The van der Waals surface area contributed by atoms with Gasteiger partial charge in [-0.3, -0.25) is 9.58 Å². The molecule has 1 aromatic rings. The molecule has 0 bridgehead atoms. The lowest BCUT2D eigenvalue weighted by Crippen LogP contribution is -2.31. The molecule has 0 spiro atoms. The van der Waals surface area contributed by atoms with Gasteiger partial charge in [0.1, 0.15) is 0 Å². The van der Waals surface area contributed by atoms with E-state index in [1.807, 2.05) is 0 Å². The van der Waals surface area contributed by atoms with Crippen LogP contribution in [0.1, 0.15) is 13.3 Å². The lowest BCUT2D eigenvalue weighted by molar-refractivity contribution is 0.255. The number of aryl methyl sites for hydroxylation is 1. The summed E-state index contributed by atoms with van der Waals surface area (Å²) < 4.78 is 1.79. The number of hydrogen-bond donors (Lipinski definition) is 1. The Morgan fingerprint density at radius 1 is 1.77 bits per heavy atom. The van der Waals surface area contributed by atoms with Crippen molar-refractivity contribution in [3.05, 3.63) is 12.4 Å². The summed E-state index contributed by atoms with van der Waals surface area (Å²) in [6, 6.07) is -0.476. The van der Waals surface area contributed by atoms with Gasteiger partial charge in [0.2, 0.25) is 0 Å². The molecule has 0 fully saturated rings. The minimum absolute atomic E-state index is 0.476. The van der Waals surface area contributed by atoms with Crippen LogP contribution < -0.4 is 10.6 Å². The zero-order valence-corrected chi connectivity index (χ0v) is 7.90. The van der Waals surface area contributed by atoms with Crippen LogP contribution in [0.4, 0.5) is 10.5 Å². The van der Waals surface area contributed by atoms with E-state index in [9.17, 15) is 4.79 Å². The second kappa shape index (κ2) is 3.93. The van der Waals surface area contributed by atoms with Crippen molar-refractivity contribution in [3.8, 4) is 0 Å². The maximum absolute atomic E-state index is 10.8. The minimum Gasteiger partial charge on any atom is -0.351 e. The van der Waals surface area contributed by atoms with E-state index >= 15 is 0 Å². The van der Waals surface area contributed by atoms with E-state index in [1.165, 1.54) is 4.90 Å². The molecular formula is C8H14N4O. The molecule has 0 saturated heterocycles. The standard InChI is InChI=1S/C8H14N4O/c1-3-4-12-6-7(5-10-12)11(2)8(9)13/h5-6H,3-4H2,1-2H3,(H2,9,13). The third-order valence-corrected chi connectivity index (χ3v) is 1.79. The van der Waals surface area contributed by atoms with E-state index in [0.29, 0.717) is 0 Å². The average molecular weight is 182 g/mol. The van der Waals surface area contributed by atoms with Gasteiger partial charge >= 0.3 is 6.03 Å². The van der Waals surface area contributed by atoms with Crippen molar-refractivity contribution in [2.24, 2.45) is 5.73 Å². The number of nitrogens with zero attached hydrogens (tertiary/aromatic N) is 3. The second-order valence-electron chi connectivity index (χ2n) is 2.86. The Hall–Kier alpha value is -1.52. The quantitative estimate of drug-likeness (QED) is 0.751. The molecule has 0 aromatic carbocycles. The second-order valence-corrected chi connectivity index (χ2v) is 2.86. The summed E-state index contributed by atoms with van der Waals surface area (Å²) in [5, 5.41) is 4.08. The monoisotopic (exact) mass is 182 g/mol. The SMILES string of the molecule is CCCn1cc(N(C)C(N)=O)cn1. The fourth-order valence-corrected chi connectivity index (χ4v) is 1.00. The number of urea groups is 1. The van der Waals surface area contributed by atoms with Gasteiger partial charge in [0, 0.05) is 19.8 Å². The highest BCUT2D eigenvalue weighted by atomic mass is 16.2. The first-order valence-corrected chi connectivity index (χ1v) is 4.20. The molecule has 0 aliphatic carbocycles. The largest absolute Gasteiger partial charge is 0.351 e. The highest BCUT2D eigenvalue weighted by molar-refractivity contribution is 5.89. The summed E-state index contributed by atoms with van der Waals surface area (Å²) in [6.07, 6.45) is 4.44. The topological polar surface area (TPSA) is 64.2 Å². The molecule has 0 atom stereocenters. The van der Waals surface area contributed by atoms with E-state index in [-0.39, 0.29) is 0 Å². The Kier molecular flexibility index (Phi) is 2.89. The van der Waals surface area contributed by atoms with Gasteiger partial charge in [-0.25, -0.2) is 4.79 Å². The van der Waals surface area contributed by atoms with Crippen molar-refractivity contribution in [2.75, 3.05) is 11.9 Å². The van der Waals surface area contributed by atoms with Gasteiger partial charge in [-0.1, -0.05) is 6.92 Å². The van der Waals surface area contributed by atoms with Crippen molar-refractivity contribution >= 4 is 11.7 Å². The Morgan fingerprint density at radius 2 is 2.46 bits per heavy atom. The molecule has 0 radical (unpaired) electrons. The number of hydrogen-bond acceptors (Lipinski definition) is 2. The molecule has 0 aliphatic heterocycles. The summed E-state index contributed by atoms with van der Waals surface area (Å²) in [5.74, 6) is 0. The van der Waals surface area contributed by atoms with Crippen LogP contribution in [0.3, 0.4) is 0 Å². The summed E-state index contributed by atoms with van der Waals surface area (Å²) in [5.41, 5.74) is 5.82. The Labute approximate surface area is 77.1 Å². The van der Waals surface area contributed by atoms with Gasteiger partial charge < -0.3 is 5.73 Å². The number of carbonyl (C=O) groups is 1. The van der Waals surface area contributed by atoms with Gasteiger partial charge in [-0.2, -0.15) is 5.10 Å². The van der Waals surface area contributed by atoms with Crippen LogP contribution in [0.15, 0.2) is 12.4 Å². The molecule has 1 rings (SSSR count). The Morgan fingerprint density at radius 3 is 3.00 bits per heavy atom. The van der Waals surface area contributed by atoms with Crippen molar-refractivity contribution in [1.29, 1.82) is 0 Å². The summed E-state index contributed by atoms with van der Waals surface area (Å²) in [4.78, 5) is 12.1. The average Bonchev–Trinajstić information content (AvgIpc) is 2.52. The highest BCUT2D eigenvalue weighted by Crippen LogP contribution is 2.09. The number of rotatable bonds is 3. The number of aromatic nitrogens is 2. The first-order chi connectivity index (χ1) is 6.15. The van der Waals surface area contributed by atoms with Crippen molar-refractivity contribution in [3.63, 3.8) is 0 Å². The highest BCUT2D eigenvalue weighted by Gasteiger charge is 2.07. The van der Waals surface area contributed by atoms with Crippen LogP contribution in [0.25, 0.3) is 0 Å². The van der Waals surface area contributed by atoms with Crippen LogP contribution in [0.5, 0.6) is 0 Å². The summed E-state index contributed by atoms with van der Waals surface area (Å²) >= 11 is 0. The van der Waals surface area contributed by atoms with Crippen molar-refractivity contribution < 1.29 is 4.79 Å². The molecule has 1 heterocycles. The van der Waals surface area contributed by atoms with E-state index in [4.69, 9.17) is 5.73 Å². The normalized spacial score (nSPS) is 10.0. The molecule has 13 heavy (non-hydrogen) atoms. The molecule has 0 aliphatic rings. The number of primary amides is 1. The molecule has 72 valence electrons. The van der Waals surface area contributed by atoms with Gasteiger partial charge in [0.15, 0.2) is 0 Å². The van der Waals surface area contributed by atoms with Crippen molar-refractivity contribution in [1.82, 2.24) is 9.78 Å². The molecule has 0 saturated carbocycles. The molecular weight excluding hydrogens is 168 g/mol. The third kappa shape index (κ3) is 2.21.